The number of aromatic nitrogens is 1. The number of halogens is 1. The van der Waals surface area contributed by atoms with Crippen molar-refractivity contribution in [2.45, 2.75) is 49.8 Å². The highest BCUT2D eigenvalue weighted by atomic mass is 35.5. The van der Waals surface area contributed by atoms with E-state index in [4.69, 9.17) is 16.3 Å². The summed E-state index contributed by atoms with van der Waals surface area (Å²) < 4.78 is 35.1. The molecular formula is C28H30ClN3O4S2. The average Bonchev–Trinajstić information content (AvgIpc) is 3.41. The number of thiophene rings is 1. The maximum atomic E-state index is 13.4. The molecule has 0 radical (unpaired) electrons. The first-order chi connectivity index (χ1) is 18.2. The number of hydrogen-bond acceptors (Lipinski definition) is 6. The van der Waals surface area contributed by atoms with E-state index in [1.807, 2.05) is 32.0 Å². The van der Waals surface area contributed by atoms with Gasteiger partial charge < -0.3 is 15.0 Å². The summed E-state index contributed by atoms with van der Waals surface area (Å²) in [6.07, 6.45) is 4.25. The number of hydrogen-bond donors (Lipinski definition) is 3. The van der Waals surface area contributed by atoms with Crippen molar-refractivity contribution in [3.8, 4) is 16.9 Å². The zero-order chi connectivity index (χ0) is 26.9. The Balaban J connectivity index is 1.62. The molecule has 0 aliphatic carbocycles. The molecule has 4 aromatic rings. The second kappa shape index (κ2) is 11.1. The molecule has 7 nitrogen and oxygen atoms in total. The van der Waals surface area contributed by atoms with Crippen LogP contribution in [0.5, 0.6) is 5.75 Å². The molecule has 2 aromatic carbocycles. The monoisotopic (exact) mass is 571 g/mol. The SMILES string of the molecule is Cc1cc(C)cc(-c2c(OCCC3CCCCN3)c3cc(NS(=O)(=O)c4cccs4)c(Cl)cc3[nH]c2=O)c1. The molecule has 5 rings (SSSR count). The van der Waals surface area contributed by atoms with Crippen LogP contribution >= 0.6 is 22.9 Å². The topological polar surface area (TPSA) is 100 Å². The van der Waals surface area contributed by atoms with Gasteiger partial charge in [0.25, 0.3) is 15.6 Å². The summed E-state index contributed by atoms with van der Waals surface area (Å²) in [6.45, 7) is 5.38. The van der Waals surface area contributed by atoms with E-state index in [-0.39, 0.29) is 20.5 Å². The molecule has 2 aromatic heterocycles. The number of benzene rings is 2. The van der Waals surface area contributed by atoms with Crippen LogP contribution in [0.15, 0.2) is 56.8 Å². The lowest BCUT2D eigenvalue weighted by Gasteiger charge is -2.24. The molecule has 0 amide bonds. The van der Waals surface area contributed by atoms with Gasteiger partial charge in [-0.15, -0.1) is 11.3 Å². The molecule has 0 spiro atoms. The Labute approximate surface area is 231 Å². The van der Waals surface area contributed by atoms with Gasteiger partial charge >= 0.3 is 0 Å². The Morgan fingerprint density at radius 3 is 2.61 bits per heavy atom. The minimum atomic E-state index is -3.82. The van der Waals surface area contributed by atoms with Gasteiger partial charge in [0.1, 0.15) is 9.96 Å². The van der Waals surface area contributed by atoms with Gasteiger partial charge in [-0.1, -0.05) is 53.4 Å². The van der Waals surface area contributed by atoms with Crippen molar-refractivity contribution in [2.24, 2.45) is 0 Å². The van der Waals surface area contributed by atoms with E-state index in [0.717, 1.165) is 47.4 Å². The molecule has 10 heteroatoms. The van der Waals surface area contributed by atoms with Crippen molar-refractivity contribution in [3.63, 3.8) is 0 Å². The smallest absolute Gasteiger partial charge is 0.271 e. The molecule has 1 saturated heterocycles. The van der Waals surface area contributed by atoms with Crippen LogP contribution in [0, 0.1) is 13.8 Å². The Morgan fingerprint density at radius 2 is 1.92 bits per heavy atom. The predicted octanol–water partition coefficient (Wildman–Crippen LogP) is 6.24. The van der Waals surface area contributed by atoms with Crippen LogP contribution in [0.25, 0.3) is 22.0 Å². The van der Waals surface area contributed by atoms with Gasteiger partial charge in [0.05, 0.1) is 28.4 Å². The number of nitrogens with one attached hydrogen (secondary N) is 3. The molecular weight excluding hydrogens is 542 g/mol. The lowest BCUT2D eigenvalue weighted by Crippen LogP contribution is -2.35. The fourth-order valence-electron chi connectivity index (χ4n) is 4.98. The normalized spacial score (nSPS) is 16.0. The molecule has 3 heterocycles. The highest BCUT2D eigenvalue weighted by Crippen LogP contribution is 2.38. The lowest BCUT2D eigenvalue weighted by molar-refractivity contribution is 0.271. The van der Waals surface area contributed by atoms with Crippen molar-refractivity contribution < 1.29 is 13.2 Å². The number of aromatic amines is 1. The van der Waals surface area contributed by atoms with Crippen molar-refractivity contribution in [1.82, 2.24) is 10.3 Å². The van der Waals surface area contributed by atoms with Crippen LogP contribution in [0.1, 0.15) is 36.8 Å². The largest absolute Gasteiger partial charge is 0.492 e. The Morgan fingerprint density at radius 1 is 1.13 bits per heavy atom. The summed E-state index contributed by atoms with van der Waals surface area (Å²) in [5.41, 5.74) is 3.59. The molecule has 3 N–H and O–H groups in total. The number of H-pyrrole nitrogens is 1. The second-order valence-electron chi connectivity index (χ2n) is 9.73. The fourth-order valence-corrected chi connectivity index (χ4v) is 7.31. The summed E-state index contributed by atoms with van der Waals surface area (Å²) in [6, 6.07) is 12.7. The highest BCUT2D eigenvalue weighted by Gasteiger charge is 2.22. The summed E-state index contributed by atoms with van der Waals surface area (Å²) in [7, 11) is -3.82. The molecule has 1 fully saturated rings. The van der Waals surface area contributed by atoms with Crippen LogP contribution < -0.4 is 20.3 Å². The fraction of sp³-hybridized carbons (Fsp3) is 0.321. The number of aryl methyl sites for hydroxylation is 2. The van der Waals surface area contributed by atoms with E-state index < -0.39 is 10.0 Å². The first-order valence-electron chi connectivity index (χ1n) is 12.6. The number of piperidine rings is 1. The third kappa shape index (κ3) is 5.76. The molecule has 0 saturated carbocycles. The van der Waals surface area contributed by atoms with Gasteiger partial charge in [0.2, 0.25) is 0 Å². The van der Waals surface area contributed by atoms with Crippen molar-refractivity contribution in [1.29, 1.82) is 0 Å². The summed E-state index contributed by atoms with van der Waals surface area (Å²) in [5.74, 6) is 0.415. The van der Waals surface area contributed by atoms with Crippen LogP contribution in [-0.2, 0) is 10.0 Å². The number of sulfonamides is 1. The van der Waals surface area contributed by atoms with E-state index in [1.54, 1.807) is 23.6 Å². The third-order valence-corrected chi connectivity index (χ3v) is 9.77. The number of rotatable bonds is 8. The minimum absolute atomic E-state index is 0.171. The van der Waals surface area contributed by atoms with Crippen molar-refractivity contribution >= 4 is 49.6 Å². The molecule has 1 unspecified atom stereocenters. The van der Waals surface area contributed by atoms with Crippen molar-refractivity contribution in [2.75, 3.05) is 17.9 Å². The maximum Gasteiger partial charge on any atom is 0.271 e. The van der Waals surface area contributed by atoms with Gasteiger partial charge in [-0.05, 0) is 68.8 Å². The van der Waals surface area contributed by atoms with Gasteiger partial charge in [-0.2, -0.15) is 0 Å². The molecule has 1 atom stereocenters. The molecule has 0 bridgehead atoms. The van der Waals surface area contributed by atoms with Gasteiger partial charge in [-0.3, -0.25) is 9.52 Å². The van der Waals surface area contributed by atoms with Crippen LogP contribution in [-0.4, -0.2) is 32.6 Å². The predicted molar refractivity (Wildman–Crippen MR) is 155 cm³/mol. The van der Waals surface area contributed by atoms with Crippen LogP contribution in [0.2, 0.25) is 5.02 Å². The second-order valence-corrected chi connectivity index (χ2v) is 13.0. The first-order valence-corrected chi connectivity index (χ1v) is 15.4. The van der Waals surface area contributed by atoms with E-state index in [9.17, 15) is 13.2 Å². The quantitative estimate of drug-likeness (QED) is 0.232. The molecule has 38 heavy (non-hydrogen) atoms. The lowest BCUT2D eigenvalue weighted by atomic mass is 9.99. The van der Waals surface area contributed by atoms with Crippen LogP contribution in [0.3, 0.4) is 0 Å². The Kier molecular flexibility index (Phi) is 7.81. The first kappa shape index (κ1) is 26.7. The van der Waals surface area contributed by atoms with Gasteiger partial charge in [0, 0.05) is 11.4 Å². The Hall–Kier alpha value is -2.85. The average molecular weight is 572 g/mol. The molecule has 1 aliphatic heterocycles. The minimum Gasteiger partial charge on any atom is -0.492 e. The zero-order valence-corrected chi connectivity index (χ0v) is 23.7. The maximum absolute atomic E-state index is 13.4. The number of pyridine rings is 1. The van der Waals surface area contributed by atoms with E-state index in [1.165, 1.54) is 18.9 Å². The van der Waals surface area contributed by atoms with E-state index >= 15 is 0 Å². The van der Waals surface area contributed by atoms with Gasteiger partial charge in [0.15, 0.2) is 0 Å². The number of ether oxygens (including phenoxy) is 1. The number of fused-ring (bicyclic) bond motifs is 1. The molecule has 1 aliphatic rings. The molecule has 200 valence electrons. The van der Waals surface area contributed by atoms with E-state index in [2.05, 4.69) is 15.0 Å². The van der Waals surface area contributed by atoms with Crippen LogP contribution in [0.4, 0.5) is 5.69 Å². The van der Waals surface area contributed by atoms with E-state index in [0.29, 0.717) is 34.9 Å². The summed E-state index contributed by atoms with van der Waals surface area (Å²) in [4.78, 5) is 16.3. The standard InChI is InChI=1S/C28H30ClN3O4S2/c1-17-12-18(2)14-19(13-17)26-27(36-10-8-20-6-3-4-9-30-20)21-15-24(22(29)16-23(21)31-28(26)33)32-38(34,35)25-7-5-11-37-25/h5,7,11-16,20,30,32H,3-4,6,8-10H2,1-2H3,(H,31,33). The van der Waals surface area contributed by atoms with Gasteiger partial charge in [-0.25, -0.2) is 8.42 Å². The summed E-state index contributed by atoms with van der Waals surface area (Å²) in [5, 5.41) is 5.97. The summed E-state index contributed by atoms with van der Waals surface area (Å²) >= 11 is 7.60. The number of anilines is 1. The zero-order valence-electron chi connectivity index (χ0n) is 21.3. The highest BCUT2D eigenvalue weighted by molar-refractivity contribution is 7.94. The van der Waals surface area contributed by atoms with Crippen molar-refractivity contribution in [3.05, 3.63) is 74.3 Å². The third-order valence-electron chi connectivity index (χ3n) is 6.69. The Bertz CT molecular complexity index is 1610.